The third-order valence-electron chi connectivity index (χ3n) is 13.8. The number of carbonyl (C=O) groups is 6. The fourth-order valence-electron chi connectivity index (χ4n) is 9.43. The van der Waals surface area contributed by atoms with Crippen molar-refractivity contribution in [1.29, 1.82) is 0 Å². The minimum Gasteiger partial charge on any atom is -0.459 e. The number of esters is 1. The standard InChI is InChI=1S/C60H79ClN10O13S2/c1-36-38(3)86-57-50(36)51(41-15-17-43(61)18-16-41)66-45(54-69-68-39(4)71(54)57)30-47(72)62-19-21-78-23-24-80-26-27-81-33-48(73)67-53(59(5,6)7)56(76)70-32-44(83-49(74)34-82-28-25-79-22-20-63-58(77)84-60(8,9)10)29-46(70)55(75)64-31-40-11-13-42(14-12-40)52-37(2)65-35-85-52/h11-18,35,44-46,53H,19-34H2,1-10H3,(H,62,72)(H,63,77)(H,64,75)(H,67,73)/t44-,45+,46+,53-/m1/s1. The van der Waals surface area contributed by atoms with Crippen LogP contribution >= 0.6 is 34.3 Å². The van der Waals surface area contributed by atoms with Gasteiger partial charge < -0.3 is 59.3 Å². The number of ether oxygens (including phenoxy) is 7. The quantitative estimate of drug-likeness (QED) is 0.0286. The number of fused-ring (bicyclic) bond motifs is 3. The molecule has 23 nitrogen and oxygen atoms in total. The smallest absolute Gasteiger partial charge is 0.407 e. The fraction of sp³-hybridized carbons (Fsp3) is 0.533. The van der Waals surface area contributed by atoms with Crippen molar-refractivity contribution < 1.29 is 61.9 Å². The second-order valence-corrected chi connectivity index (χ2v) is 25.2. The van der Waals surface area contributed by atoms with Crippen molar-refractivity contribution in [2.24, 2.45) is 10.4 Å². The molecule has 0 aliphatic carbocycles. The molecular weight excluding hydrogens is 1170 g/mol. The van der Waals surface area contributed by atoms with Crippen LogP contribution in [0.4, 0.5) is 4.79 Å². The van der Waals surface area contributed by atoms with Crippen LogP contribution in [0.2, 0.25) is 5.02 Å². The average Bonchev–Trinajstić information content (AvgIpc) is 1.69. The number of benzene rings is 2. The molecule has 2 aromatic carbocycles. The topological polar surface area (TPSA) is 274 Å². The minimum atomic E-state index is -1.10. The molecule has 5 heterocycles. The van der Waals surface area contributed by atoms with Crippen molar-refractivity contribution >= 4 is 75.7 Å². The third-order valence-corrected chi connectivity index (χ3v) is 16.2. The van der Waals surface area contributed by atoms with E-state index in [1.54, 1.807) is 69.7 Å². The van der Waals surface area contributed by atoms with Crippen molar-refractivity contribution in [1.82, 2.24) is 45.9 Å². The van der Waals surface area contributed by atoms with Crippen molar-refractivity contribution in [2.75, 3.05) is 85.7 Å². The summed E-state index contributed by atoms with van der Waals surface area (Å²) < 4.78 is 40.9. The predicted octanol–water partition coefficient (Wildman–Crippen LogP) is 6.71. The number of rotatable bonds is 29. The number of thiophene rings is 1. The molecule has 7 rings (SSSR count). The van der Waals surface area contributed by atoms with E-state index in [0.29, 0.717) is 16.7 Å². The van der Waals surface area contributed by atoms with Gasteiger partial charge in [0.05, 0.1) is 87.6 Å². The molecule has 2 aliphatic rings. The fourth-order valence-corrected chi connectivity index (χ4v) is 11.6. The van der Waals surface area contributed by atoms with Crippen LogP contribution < -0.4 is 21.3 Å². The number of aromatic nitrogens is 4. The zero-order valence-corrected chi connectivity index (χ0v) is 52.9. The van der Waals surface area contributed by atoms with Crippen LogP contribution in [0.25, 0.3) is 15.4 Å². The maximum absolute atomic E-state index is 14.6. The number of carbonyl (C=O) groups excluding carboxylic acids is 6. The number of aliphatic imine (C=N–C) groups is 1. The Morgan fingerprint density at radius 2 is 1.37 bits per heavy atom. The average molecular weight is 1250 g/mol. The Hall–Kier alpha value is -6.71. The Bertz CT molecular complexity index is 3150. The van der Waals surface area contributed by atoms with E-state index in [-0.39, 0.29) is 104 Å². The summed E-state index contributed by atoms with van der Waals surface area (Å²) in [6, 6.07) is 12.5. The highest BCUT2D eigenvalue weighted by molar-refractivity contribution is 7.15. The molecule has 0 bridgehead atoms. The monoisotopic (exact) mass is 1250 g/mol. The molecule has 86 heavy (non-hydrogen) atoms. The summed E-state index contributed by atoms with van der Waals surface area (Å²) in [5.74, 6) is -1.19. The Kier molecular flexibility index (Phi) is 24.3. The van der Waals surface area contributed by atoms with Crippen molar-refractivity contribution in [2.45, 2.75) is 118 Å². The van der Waals surface area contributed by atoms with Gasteiger partial charge in [-0.3, -0.25) is 28.7 Å². The van der Waals surface area contributed by atoms with Gasteiger partial charge in [0.1, 0.15) is 53.9 Å². The molecular formula is C60H79ClN10O13S2. The van der Waals surface area contributed by atoms with E-state index >= 15 is 0 Å². The van der Waals surface area contributed by atoms with Crippen LogP contribution in [0.15, 0.2) is 59.0 Å². The lowest BCUT2D eigenvalue weighted by Crippen LogP contribution is -2.58. The number of amides is 5. The first-order valence-corrected chi connectivity index (χ1v) is 30.6. The number of thiazole rings is 1. The highest BCUT2D eigenvalue weighted by atomic mass is 35.5. The highest BCUT2D eigenvalue weighted by Crippen LogP contribution is 2.40. The Labute approximate surface area is 514 Å². The van der Waals surface area contributed by atoms with Crippen LogP contribution in [0, 0.1) is 33.1 Å². The van der Waals surface area contributed by atoms with Crippen LogP contribution in [0.1, 0.15) is 105 Å². The first-order valence-electron chi connectivity index (χ1n) is 28.5. The lowest BCUT2D eigenvalue weighted by Gasteiger charge is -2.35. The van der Waals surface area contributed by atoms with Crippen molar-refractivity contribution in [3.63, 3.8) is 0 Å². The molecule has 466 valence electrons. The maximum atomic E-state index is 14.6. The molecule has 5 amide bonds. The number of halogens is 1. The van der Waals surface area contributed by atoms with E-state index in [1.165, 1.54) is 4.90 Å². The molecule has 0 radical (unpaired) electrons. The van der Waals surface area contributed by atoms with Gasteiger partial charge in [0.2, 0.25) is 23.6 Å². The Morgan fingerprint density at radius 3 is 2.01 bits per heavy atom. The van der Waals surface area contributed by atoms with Gasteiger partial charge in [0.25, 0.3) is 0 Å². The van der Waals surface area contributed by atoms with Crippen molar-refractivity contribution in [3.05, 3.63) is 104 Å². The lowest BCUT2D eigenvalue weighted by atomic mass is 9.85. The Balaban J connectivity index is 0.833. The van der Waals surface area contributed by atoms with Crippen molar-refractivity contribution in [3.8, 4) is 15.4 Å². The SMILES string of the molecule is Cc1ncsc1-c1ccc(CNC(=O)[C@@H]2C[C@@H](OC(=O)COCCOCCNC(=O)OC(C)(C)C)CN2C(=O)[C@@H](NC(=O)COCCOCCOCCNC(=O)C[C@@H]2N=C(c3ccc(Cl)cc3)c3c(sc(C)c3C)-n3c(C)nnc32)C(C)(C)C)cc1. The van der Waals surface area contributed by atoms with Gasteiger partial charge in [-0.05, 0) is 82.7 Å². The molecule has 4 atom stereocenters. The van der Waals surface area contributed by atoms with Crippen LogP contribution in [0.3, 0.4) is 0 Å². The number of alkyl carbamates (subject to hydrolysis) is 1. The zero-order chi connectivity index (χ0) is 62.1. The van der Waals surface area contributed by atoms with Gasteiger partial charge in [0, 0.05) is 47.1 Å². The van der Waals surface area contributed by atoms with Crippen LogP contribution in [-0.4, -0.2) is 176 Å². The zero-order valence-electron chi connectivity index (χ0n) is 50.5. The molecule has 3 aromatic heterocycles. The van der Waals surface area contributed by atoms with Gasteiger partial charge >= 0.3 is 12.1 Å². The van der Waals surface area contributed by atoms with E-state index in [9.17, 15) is 28.8 Å². The van der Waals surface area contributed by atoms with E-state index in [4.69, 9.17) is 49.8 Å². The highest BCUT2D eigenvalue weighted by Gasteiger charge is 2.46. The summed E-state index contributed by atoms with van der Waals surface area (Å²) in [6.45, 7) is 19.7. The van der Waals surface area contributed by atoms with Gasteiger partial charge in [0.15, 0.2) is 5.82 Å². The van der Waals surface area contributed by atoms with Crippen LogP contribution in [-0.2, 0) is 63.7 Å². The van der Waals surface area contributed by atoms with E-state index in [1.807, 2.05) is 66.9 Å². The van der Waals surface area contributed by atoms with Gasteiger partial charge in [-0.2, -0.15) is 0 Å². The van der Waals surface area contributed by atoms with Gasteiger partial charge in [-0.25, -0.2) is 14.6 Å². The number of hydrogen-bond acceptors (Lipinski definition) is 19. The van der Waals surface area contributed by atoms with E-state index in [2.05, 4.69) is 50.3 Å². The summed E-state index contributed by atoms with van der Waals surface area (Å²) in [7, 11) is 0. The molecule has 4 N–H and O–H groups in total. The second kappa shape index (κ2) is 31.3. The maximum Gasteiger partial charge on any atom is 0.407 e. The molecule has 2 aliphatic heterocycles. The first-order chi connectivity index (χ1) is 41.0. The molecule has 1 fully saturated rings. The van der Waals surface area contributed by atoms with E-state index < -0.39 is 71.6 Å². The van der Waals surface area contributed by atoms with Crippen LogP contribution in [0.5, 0.6) is 0 Å². The third kappa shape index (κ3) is 19.1. The lowest BCUT2D eigenvalue weighted by molar-refractivity contribution is -0.155. The molecule has 0 spiro atoms. The van der Waals surface area contributed by atoms with E-state index in [0.717, 1.165) is 54.0 Å². The summed E-state index contributed by atoms with van der Waals surface area (Å²) in [4.78, 5) is 93.3. The number of hydrogen-bond donors (Lipinski definition) is 4. The number of nitrogens with zero attached hydrogens (tertiary/aromatic N) is 6. The summed E-state index contributed by atoms with van der Waals surface area (Å²) in [5.41, 5.74) is 6.82. The molecule has 5 aromatic rings. The second-order valence-electron chi connectivity index (χ2n) is 22.7. The minimum absolute atomic E-state index is 0.00316. The Morgan fingerprint density at radius 1 is 0.744 bits per heavy atom. The summed E-state index contributed by atoms with van der Waals surface area (Å²) in [6.07, 6.45) is -1.38. The summed E-state index contributed by atoms with van der Waals surface area (Å²) in [5, 5.41) is 21.7. The number of aryl methyl sites for hydroxylation is 3. The van der Waals surface area contributed by atoms with Gasteiger partial charge in [-0.1, -0.05) is 68.8 Å². The largest absolute Gasteiger partial charge is 0.459 e. The molecule has 26 heteroatoms. The number of nitrogens with one attached hydrogen (secondary N) is 4. The predicted molar refractivity (Wildman–Crippen MR) is 325 cm³/mol. The molecule has 0 saturated carbocycles. The normalized spacial score (nSPS) is 16.1. The summed E-state index contributed by atoms with van der Waals surface area (Å²) >= 11 is 9.43. The molecule has 1 saturated heterocycles. The number of likely N-dealkylation sites (tertiary alicyclic amines) is 1. The first kappa shape index (κ1) is 66.8. The molecule has 0 unspecified atom stereocenters. The van der Waals surface area contributed by atoms with Gasteiger partial charge in [-0.15, -0.1) is 32.9 Å².